The van der Waals surface area contributed by atoms with Crippen LogP contribution in [0, 0.1) is 0 Å². The second-order valence-corrected chi connectivity index (χ2v) is 7.06. The molecule has 0 bridgehead atoms. The molecule has 0 aromatic carbocycles. The average Bonchev–Trinajstić information content (AvgIpc) is 3.21. The van der Waals surface area contributed by atoms with Crippen LogP contribution in [0.5, 0.6) is 5.88 Å². The molecule has 134 valence electrons. The number of rotatable bonds is 4. The van der Waals surface area contributed by atoms with E-state index < -0.39 is 0 Å². The van der Waals surface area contributed by atoms with E-state index in [0.29, 0.717) is 11.0 Å². The molecule has 4 rings (SSSR count). The van der Waals surface area contributed by atoms with Crippen LogP contribution in [0.1, 0.15) is 25.1 Å². The smallest absolute Gasteiger partial charge is 0.223 e. The molecule has 7 nitrogen and oxygen atoms in total. The number of hydrogen-bond acceptors (Lipinski definition) is 6. The van der Waals surface area contributed by atoms with Crippen molar-refractivity contribution in [2.24, 2.45) is 0 Å². The minimum absolute atomic E-state index is 0.106. The van der Waals surface area contributed by atoms with Crippen LogP contribution >= 0.6 is 11.3 Å². The number of nitrogens with one attached hydrogen (secondary N) is 1. The molecule has 1 amide bonds. The van der Waals surface area contributed by atoms with Crippen molar-refractivity contribution in [3.63, 3.8) is 0 Å². The molecule has 1 N–H and O–H groups in total. The van der Waals surface area contributed by atoms with Gasteiger partial charge in [-0.25, -0.2) is 9.97 Å². The third-order valence-electron chi connectivity index (χ3n) is 4.38. The summed E-state index contributed by atoms with van der Waals surface area (Å²) in [5.74, 6) is 0.479. The molecule has 0 spiro atoms. The van der Waals surface area contributed by atoms with Crippen molar-refractivity contribution in [1.29, 1.82) is 0 Å². The Morgan fingerprint density at radius 2 is 2.23 bits per heavy atom. The fourth-order valence-corrected chi connectivity index (χ4v) is 4.38. The molecular formula is C18H19N5O2S. The first-order chi connectivity index (χ1) is 12.6. The highest BCUT2D eigenvalue weighted by molar-refractivity contribution is 7.19. The van der Waals surface area contributed by atoms with Gasteiger partial charge in [-0.3, -0.25) is 9.48 Å². The van der Waals surface area contributed by atoms with Crippen LogP contribution in [-0.2, 0) is 24.2 Å². The fourth-order valence-electron chi connectivity index (χ4n) is 3.25. The molecule has 3 aromatic rings. The molecule has 0 unspecified atom stereocenters. The topological polar surface area (TPSA) is 81.9 Å². The van der Waals surface area contributed by atoms with E-state index in [1.54, 1.807) is 13.3 Å². The number of carbonyl (C=O) groups is 1. The monoisotopic (exact) mass is 369 g/mol. The molecule has 0 saturated carbocycles. The molecule has 1 aliphatic carbocycles. The van der Waals surface area contributed by atoms with Gasteiger partial charge in [0.1, 0.15) is 0 Å². The van der Waals surface area contributed by atoms with Gasteiger partial charge in [-0.2, -0.15) is 5.10 Å². The number of methoxy groups -OCH3 is 1. The minimum Gasteiger partial charge on any atom is -0.481 e. The largest absolute Gasteiger partial charge is 0.481 e. The SMILES string of the molecule is CCn1nc(-c2ccc(OC)nc2)c2c1-c1sc(NC(C)=O)nc1CC2. The van der Waals surface area contributed by atoms with Crippen molar-refractivity contribution >= 4 is 22.4 Å². The quantitative estimate of drug-likeness (QED) is 0.764. The van der Waals surface area contributed by atoms with Gasteiger partial charge in [0.25, 0.3) is 0 Å². The van der Waals surface area contributed by atoms with Crippen LogP contribution in [0.3, 0.4) is 0 Å². The van der Waals surface area contributed by atoms with E-state index in [1.807, 2.05) is 16.8 Å². The first kappa shape index (κ1) is 16.7. The summed E-state index contributed by atoms with van der Waals surface area (Å²) in [4.78, 5) is 21.3. The molecule has 0 radical (unpaired) electrons. The maximum atomic E-state index is 11.4. The van der Waals surface area contributed by atoms with E-state index in [0.717, 1.165) is 46.9 Å². The lowest BCUT2D eigenvalue weighted by molar-refractivity contribution is -0.114. The molecule has 0 saturated heterocycles. The number of fused-ring (bicyclic) bond motifs is 3. The summed E-state index contributed by atoms with van der Waals surface area (Å²) in [6.45, 7) is 4.34. The number of hydrogen-bond donors (Lipinski definition) is 1. The normalized spacial score (nSPS) is 12.4. The summed E-state index contributed by atoms with van der Waals surface area (Å²) in [6, 6.07) is 3.84. The van der Waals surface area contributed by atoms with Crippen molar-refractivity contribution in [3.05, 3.63) is 29.6 Å². The zero-order valence-corrected chi connectivity index (χ0v) is 15.7. The zero-order valence-electron chi connectivity index (χ0n) is 14.9. The zero-order chi connectivity index (χ0) is 18.3. The van der Waals surface area contributed by atoms with Crippen LogP contribution in [-0.4, -0.2) is 32.8 Å². The predicted octanol–water partition coefficient (Wildman–Crippen LogP) is 3.15. The number of nitrogens with zero attached hydrogens (tertiary/aromatic N) is 4. The lowest BCUT2D eigenvalue weighted by atomic mass is 9.95. The van der Waals surface area contributed by atoms with Crippen LogP contribution in [0.15, 0.2) is 18.3 Å². The van der Waals surface area contributed by atoms with E-state index in [4.69, 9.17) is 9.84 Å². The standard InChI is InChI=1S/C18H19N5O2S/c1-4-23-16-12(15(22-23)11-5-8-14(25-3)19-9-11)6-7-13-17(16)26-18(21-13)20-10(2)24/h5,8-9H,4,6-7H2,1-3H3,(H,20,21,24). The summed E-state index contributed by atoms with van der Waals surface area (Å²) >= 11 is 1.51. The van der Waals surface area contributed by atoms with Crippen LogP contribution in [0.25, 0.3) is 21.8 Å². The highest BCUT2D eigenvalue weighted by Crippen LogP contribution is 2.43. The van der Waals surface area contributed by atoms with Gasteiger partial charge in [-0.1, -0.05) is 11.3 Å². The molecule has 3 aromatic heterocycles. The Balaban J connectivity index is 1.82. The van der Waals surface area contributed by atoms with Crippen LogP contribution in [0.2, 0.25) is 0 Å². The molecule has 0 atom stereocenters. The van der Waals surface area contributed by atoms with Gasteiger partial charge in [0.05, 0.1) is 29.1 Å². The lowest BCUT2D eigenvalue weighted by Crippen LogP contribution is -2.07. The van der Waals surface area contributed by atoms with E-state index in [9.17, 15) is 4.79 Å². The highest BCUT2D eigenvalue weighted by Gasteiger charge is 2.28. The van der Waals surface area contributed by atoms with Crippen molar-refractivity contribution in [2.75, 3.05) is 12.4 Å². The van der Waals surface area contributed by atoms with Crippen molar-refractivity contribution < 1.29 is 9.53 Å². The van der Waals surface area contributed by atoms with Gasteiger partial charge in [0.15, 0.2) is 5.13 Å². The van der Waals surface area contributed by atoms with Crippen molar-refractivity contribution in [2.45, 2.75) is 33.2 Å². The Morgan fingerprint density at radius 3 is 2.88 bits per heavy atom. The van der Waals surface area contributed by atoms with Crippen molar-refractivity contribution in [3.8, 4) is 27.7 Å². The Morgan fingerprint density at radius 1 is 1.38 bits per heavy atom. The van der Waals surface area contributed by atoms with Crippen molar-refractivity contribution in [1.82, 2.24) is 19.7 Å². The Hall–Kier alpha value is -2.74. The second kappa shape index (κ2) is 6.53. The van der Waals surface area contributed by atoms with E-state index in [1.165, 1.54) is 23.8 Å². The van der Waals surface area contributed by atoms with Gasteiger partial charge in [0, 0.05) is 36.9 Å². The molecular weight excluding hydrogens is 350 g/mol. The summed E-state index contributed by atoms with van der Waals surface area (Å²) in [6.07, 6.45) is 3.50. The number of aromatic nitrogens is 4. The van der Waals surface area contributed by atoms with E-state index in [-0.39, 0.29) is 5.91 Å². The van der Waals surface area contributed by atoms with Gasteiger partial charge >= 0.3 is 0 Å². The second-order valence-electron chi connectivity index (χ2n) is 6.06. The first-order valence-corrected chi connectivity index (χ1v) is 9.30. The van der Waals surface area contributed by atoms with Gasteiger partial charge in [-0.15, -0.1) is 0 Å². The van der Waals surface area contributed by atoms with Gasteiger partial charge in [-0.05, 0) is 25.8 Å². The number of aryl methyl sites for hydroxylation is 2. The minimum atomic E-state index is -0.106. The number of carbonyl (C=O) groups excluding carboxylic acids is 1. The summed E-state index contributed by atoms with van der Waals surface area (Å²) in [7, 11) is 1.60. The number of anilines is 1. The third-order valence-corrected chi connectivity index (χ3v) is 5.40. The maximum absolute atomic E-state index is 11.4. The number of ether oxygens (including phenoxy) is 1. The third kappa shape index (κ3) is 2.76. The fraction of sp³-hybridized carbons (Fsp3) is 0.333. The van der Waals surface area contributed by atoms with Crippen LogP contribution in [0.4, 0.5) is 5.13 Å². The summed E-state index contributed by atoms with van der Waals surface area (Å²) in [5.41, 5.74) is 5.28. The Bertz CT molecular complexity index is 974. The number of amides is 1. The number of pyridine rings is 1. The molecule has 0 aliphatic heterocycles. The predicted molar refractivity (Wildman–Crippen MR) is 101 cm³/mol. The number of thiazole rings is 1. The maximum Gasteiger partial charge on any atom is 0.223 e. The van der Waals surface area contributed by atoms with E-state index in [2.05, 4.69) is 22.2 Å². The van der Waals surface area contributed by atoms with E-state index >= 15 is 0 Å². The van der Waals surface area contributed by atoms with Gasteiger partial charge < -0.3 is 10.1 Å². The first-order valence-electron chi connectivity index (χ1n) is 8.48. The molecule has 0 fully saturated rings. The van der Waals surface area contributed by atoms with Crippen LogP contribution < -0.4 is 10.1 Å². The average molecular weight is 369 g/mol. The Kier molecular flexibility index (Phi) is 4.20. The Labute approximate surface area is 155 Å². The summed E-state index contributed by atoms with van der Waals surface area (Å²) in [5, 5.41) is 8.27. The molecule has 26 heavy (non-hydrogen) atoms. The molecule has 3 heterocycles. The van der Waals surface area contributed by atoms with Gasteiger partial charge in [0.2, 0.25) is 11.8 Å². The molecule has 8 heteroatoms. The highest BCUT2D eigenvalue weighted by atomic mass is 32.1. The molecule has 1 aliphatic rings. The lowest BCUT2D eigenvalue weighted by Gasteiger charge is -2.13. The summed E-state index contributed by atoms with van der Waals surface area (Å²) < 4.78 is 7.16.